The van der Waals surface area contributed by atoms with Crippen molar-refractivity contribution in [1.82, 2.24) is 9.78 Å². The number of anilines is 2. The van der Waals surface area contributed by atoms with Crippen molar-refractivity contribution in [1.29, 1.82) is 0 Å². The summed E-state index contributed by atoms with van der Waals surface area (Å²) in [5.41, 5.74) is 9.06. The third kappa shape index (κ3) is 8.91. The lowest BCUT2D eigenvalue weighted by molar-refractivity contribution is -0.150. The Bertz CT molecular complexity index is 1870. The van der Waals surface area contributed by atoms with Gasteiger partial charge in [0.15, 0.2) is 6.73 Å². The Morgan fingerprint density at radius 1 is 1.10 bits per heavy atom. The van der Waals surface area contributed by atoms with E-state index in [1.165, 1.54) is 16.8 Å². The number of aryl methyl sites for hydroxylation is 1. The number of aliphatic hydroxyl groups is 1. The molecule has 2 aromatic carbocycles. The number of nitrogens with two attached hydrogens (primary N) is 2. The Balaban J connectivity index is 1.20. The molecule has 0 radical (unpaired) electrons. The van der Waals surface area contributed by atoms with Crippen LogP contribution < -0.4 is 16.8 Å². The molecular weight excluding hydrogens is 712 g/mol. The second-order valence-corrected chi connectivity index (χ2v) is 13.3. The van der Waals surface area contributed by atoms with Gasteiger partial charge >= 0.3 is 18.1 Å². The number of hydrogen-bond acceptors (Lipinski definition) is 10. The highest BCUT2D eigenvalue weighted by molar-refractivity contribution is 6.31. The number of nitrogen functional groups attached to an aromatic ring is 1. The smallest absolute Gasteiger partial charge is 0.431 e. The molecule has 0 spiro atoms. The summed E-state index contributed by atoms with van der Waals surface area (Å²) in [6.07, 6.45) is -4.24. The fourth-order valence-electron chi connectivity index (χ4n) is 6.87. The summed E-state index contributed by atoms with van der Waals surface area (Å²) in [5.74, 6) is -3.48. The van der Waals surface area contributed by atoms with Gasteiger partial charge in [-0.15, -0.1) is 0 Å². The summed E-state index contributed by atoms with van der Waals surface area (Å²) in [7, 11) is 1.56. The van der Waals surface area contributed by atoms with Crippen molar-refractivity contribution in [2.24, 2.45) is 29.6 Å². The number of hydrogen-bond donors (Lipinski definition) is 4. The van der Waals surface area contributed by atoms with E-state index < -0.39 is 53.4 Å². The summed E-state index contributed by atoms with van der Waals surface area (Å²) >= 11 is 5.85. The number of halogens is 5. The maximum atomic E-state index is 13.9. The van der Waals surface area contributed by atoms with Crippen LogP contribution in [0.5, 0.6) is 0 Å². The van der Waals surface area contributed by atoms with E-state index in [2.05, 4.69) is 15.4 Å². The van der Waals surface area contributed by atoms with Gasteiger partial charge in [0.05, 0.1) is 29.2 Å². The highest BCUT2D eigenvalue weighted by Crippen LogP contribution is 2.56. The molecule has 12 nitrogen and oxygen atoms in total. The molecule has 1 heterocycles. The zero-order valence-electron chi connectivity index (χ0n) is 28.0. The Morgan fingerprint density at radius 3 is 2.35 bits per heavy atom. The average Bonchev–Trinajstić information content (AvgIpc) is 3.72. The van der Waals surface area contributed by atoms with Crippen molar-refractivity contribution in [2.45, 2.75) is 62.8 Å². The zero-order valence-corrected chi connectivity index (χ0v) is 28.7. The number of amides is 1. The van der Waals surface area contributed by atoms with Crippen molar-refractivity contribution in [3.8, 4) is 0 Å². The molecule has 2 aliphatic rings. The van der Waals surface area contributed by atoms with Crippen LogP contribution in [-0.4, -0.2) is 57.5 Å². The first kappa shape index (κ1) is 38.3. The molecule has 17 heteroatoms. The van der Waals surface area contributed by atoms with Crippen LogP contribution in [0, 0.1) is 17.7 Å². The lowest BCUT2D eigenvalue weighted by Gasteiger charge is -2.28. The largest absolute Gasteiger partial charge is 0.461 e. The lowest BCUT2D eigenvalue weighted by atomic mass is 9.85. The Kier molecular flexibility index (Phi) is 11.6. The summed E-state index contributed by atoms with van der Waals surface area (Å²) in [5, 5.41) is 18.5. The minimum absolute atomic E-state index is 0.0327. The van der Waals surface area contributed by atoms with Crippen molar-refractivity contribution < 1.29 is 46.5 Å². The summed E-state index contributed by atoms with van der Waals surface area (Å²) < 4.78 is 66.6. The second kappa shape index (κ2) is 15.7. The molecule has 278 valence electrons. The molecule has 1 aromatic heterocycles. The molecule has 1 amide bonds. The molecule has 2 atom stereocenters. The van der Waals surface area contributed by atoms with E-state index in [-0.39, 0.29) is 72.1 Å². The van der Waals surface area contributed by atoms with Gasteiger partial charge in [0.1, 0.15) is 29.5 Å². The minimum atomic E-state index is -4.99. The predicted octanol–water partition coefficient (Wildman–Crippen LogP) is 5.55. The van der Waals surface area contributed by atoms with Crippen molar-refractivity contribution >= 4 is 47.2 Å². The molecule has 2 saturated carbocycles. The highest BCUT2D eigenvalue weighted by Gasteiger charge is 2.53. The minimum Gasteiger partial charge on any atom is -0.461 e. The molecule has 5 rings (SSSR count). The van der Waals surface area contributed by atoms with Gasteiger partial charge in [-0.1, -0.05) is 41.9 Å². The molecule has 0 aliphatic heterocycles. The molecule has 6 N–H and O–H groups in total. The van der Waals surface area contributed by atoms with Crippen LogP contribution >= 0.6 is 11.6 Å². The van der Waals surface area contributed by atoms with Gasteiger partial charge in [-0.3, -0.25) is 24.1 Å². The third-order valence-electron chi connectivity index (χ3n) is 9.34. The van der Waals surface area contributed by atoms with Gasteiger partial charge in [-0.2, -0.15) is 18.3 Å². The standard InChI is InChI=1S/C35H37ClF4N6O6/c1-46-32(42)29(33(49)44-23-7-8-26(37)25(36)13-23)30(45-46)20-11-21-14-34(50,15-22(21)12-20)24(31(41)35(38,39)40)16-43-18-52-28(48)10-9-27(47)51-17-19-5-3-2-4-6-19/h2-8,13,16,20-22,50H,9-12,14-15,17-18,41-42H2,1H3,(H,44,49). The number of rotatable bonds is 12. The number of carbonyl (C=O) groups excluding carboxylic acids is 3. The fraction of sp³-hybridized carbons (Fsp3) is 0.400. The molecule has 3 aromatic rings. The first-order valence-electron chi connectivity index (χ1n) is 16.3. The van der Waals surface area contributed by atoms with E-state index in [0.717, 1.165) is 17.8 Å². The van der Waals surface area contributed by atoms with Crippen molar-refractivity contribution in [3.63, 3.8) is 0 Å². The van der Waals surface area contributed by atoms with Crippen LogP contribution in [0.4, 0.5) is 29.1 Å². The Morgan fingerprint density at radius 2 is 1.73 bits per heavy atom. The molecule has 2 unspecified atom stereocenters. The van der Waals surface area contributed by atoms with Crippen LogP contribution in [-0.2, 0) is 32.7 Å². The quantitative estimate of drug-likeness (QED) is 0.105. The Hall–Kier alpha value is -4.96. The molecule has 2 fully saturated rings. The van der Waals surface area contributed by atoms with Crippen LogP contribution in [0.1, 0.15) is 66.1 Å². The van der Waals surface area contributed by atoms with Gasteiger partial charge in [-0.25, -0.2) is 4.39 Å². The van der Waals surface area contributed by atoms with E-state index in [1.54, 1.807) is 31.3 Å². The maximum Gasteiger partial charge on any atom is 0.431 e. The molecule has 2 aliphatic carbocycles. The highest BCUT2D eigenvalue weighted by atomic mass is 35.5. The predicted molar refractivity (Wildman–Crippen MR) is 182 cm³/mol. The number of benzene rings is 2. The molecule has 0 saturated heterocycles. The van der Waals surface area contributed by atoms with Crippen LogP contribution in [0.2, 0.25) is 5.02 Å². The number of nitrogens with zero attached hydrogens (tertiary/aromatic N) is 3. The summed E-state index contributed by atoms with van der Waals surface area (Å²) in [6.45, 7) is -0.640. The number of ether oxygens (including phenoxy) is 2. The van der Waals surface area contributed by atoms with E-state index in [0.29, 0.717) is 18.5 Å². The summed E-state index contributed by atoms with van der Waals surface area (Å²) in [6, 6.07) is 12.6. The van der Waals surface area contributed by atoms with E-state index in [4.69, 9.17) is 32.5 Å². The van der Waals surface area contributed by atoms with E-state index >= 15 is 0 Å². The number of aromatic nitrogens is 2. The monoisotopic (exact) mass is 748 g/mol. The van der Waals surface area contributed by atoms with Crippen molar-refractivity contribution in [3.05, 3.63) is 87.5 Å². The van der Waals surface area contributed by atoms with Crippen LogP contribution in [0.15, 0.2) is 64.8 Å². The second-order valence-electron chi connectivity index (χ2n) is 12.9. The van der Waals surface area contributed by atoms with Crippen LogP contribution in [0.3, 0.4) is 0 Å². The average molecular weight is 749 g/mol. The molecular formula is C35H37ClF4N6O6. The number of aliphatic imine (C=N–C) groups is 1. The van der Waals surface area contributed by atoms with Crippen molar-refractivity contribution in [2.75, 3.05) is 17.8 Å². The zero-order chi connectivity index (χ0) is 37.8. The van der Waals surface area contributed by atoms with Gasteiger partial charge in [-0.05, 0) is 61.3 Å². The van der Waals surface area contributed by atoms with E-state index in [1.807, 2.05) is 6.07 Å². The number of alkyl halides is 3. The van der Waals surface area contributed by atoms with E-state index in [9.17, 15) is 37.1 Å². The fourth-order valence-corrected chi connectivity index (χ4v) is 7.05. The topological polar surface area (TPSA) is 184 Å². The lowest BCUT2D eigenvalue weighted by Crippen LogP contribution is -2.36. The molecule has 0 bridgehead atoms. The number of fused-ring (bicyclic) bond motifs is 1. The number of esters is 2. The first-order valence-corrected chi connectivity index (χ1v) is 16.7. The van der Waals surface area contributed by atoms with Gasteiger partial charge < -0.3 is 31.4 Å². The van der Waals surface area contributed by atoms with Crippen LogP contribution in [0.25, 0.3) is 0 Å². The van der Waals surface area contributed by atoms with Gasteiger partial charge in [0.2, 0.25) is 0 Å². The maximum absolute atomic E-state index is 13.9. The normalized spacial score (nSPS) is 21.9. The third-order valence-corrected chi connectivity index (χ3v) is 9.63. The van der Waals surface area contributed by atoms with Gasteiger partial charge in [0.25, 0.3) is 5.91 Å². The number of nitrogens with one attached hydrogen (secondary N) is 1. The first-order chi connectivity index (χ1) is 24.6. The summed E-state index contributed by atoms with van der Waals surface area (Å²) in [4.78, 5) is 41.2. The molecule has 52 heavy (non-hydrogen) atoms. The Labute approximate surface area is 300 Å². The SMILES string of the molecule is Cn1nc(C2CC3CC(O)(C(C=NCOC(=O)CCC(=O)OCc4ccccc4)=C(N)C(F)(F)F)CC3C2)c(C(=O)Nc2ccc(F)c(Cl)c2)c1N. The number of carbonyl (C=O) groups is 3. The number of allylic oxidation sites excluding steroid dienone is 1. The van der Waals surface area contributed by atoms with Gasteiger partial charge in [0, 0.05) is 30.4 Å².